The molecule has 0 unspecified atom stereocenters. The Kier molecular flexibility index (Phi) is 2.49. The molecular formula is C16H18O3. The highest BCUT2D eigenvalue weighted by Crippen LogP contribution is 2.38. The zero-order valence-electron chi connectivity index (χ0n) is 11.5. The van der Waals surface area contributed by atoms with Crippen molar-refractivity contribution in [2.75, 3.05) is 0 Å². The lowest BCUT2D eigenvalue weighted by Gasteiger charge is -2.18. The average molecular weight is 258 g/mol. The Bertz CT molecular complexity index is 671. The molecule has 3 rings (SSSR count). The third kappa shape index (κ3) is 1.84. The molecule has 1 aromatic heterocycles. The first-order chi connectivity index (χ1) is 8.88. The molecule has 0 fully saturated rings. The highest BCUT2D eigenvalue weighted by Gasteiger charge is 2.29. The van der Waals surface area contributed by atoms with Gasteiger partial charge in [-0.05, 0) is 47.9 Å². The molecule has 19 heavy (non-hydrogen) atoms. The average Bonchev–Trinajstić information content (AvgIpc) is 2.86. The summed E-state index contributed by atoms with van der Waals surface area (Å²) in [6.07, 6.45) is 3.33. The molecule has 0 aliphatic heterocycles. The number of aryl methyl sites for hydroxylation is 2. The van der Waals surface area contributed by atoms with Crippen LogP contribution in [0.2, 0.25) is 0 Å². The number of aromatic carboxylic acids is 1. The van der Waals surface area contributed by atoms with E-state index in [-0.39, 0.29) is 11.2 Å². The third-order valence-electron chi connectivity index (χ3n) is 3.85. The maximum Gasteiger partial charge on any atom is 0.372 e. The van der Waals surface area contributed by atoms with E-state index in [0.717, 1.165) is 23.8 Å². The smallest absolute Gasteiger partial charge is 0.372 e. The number of rotatable bonds is 1. The number of fused-ring (bicyclic) bond motifs is 2. The number of carboxylic acids is 1. The van der Waals surface area contributed by atoms with Gasteiger partial charge >= 0.3 is 5.97 Å². The van der Waals surface area contributed by atoms with Crippen LogP contribution in [0.1, 0.15) is 54.4 Å². The summed E-state index contributed by atoms with van der Waals surface area (Å²) in [5.74, 6) is -0.896. The second kappa shape index (κ2) is 3.86. The minimum atomic E-state index is -0.985. The van der Waals surface area contributed by atoms with E-state index in [1.807, 2.05) is 26.8 Å². The number of hydrogen-bond donors (Lipinski definition) is 1. The summed E-state index contributed by atoms with van der Waals surface area (Å²) in [6.45, 7) is 6.07. The minimum Gasteiger partial charge on any atom is -0.475 e. The van der Waals surface area contributed by atoms with Crippen molar-refractivity contribution in [2.24, 2.45) is 0 Å². The first kappa shape index (κ1) is 12.3. The van der Waals surface area contributed by atoms with E-state index in [2.05, 4.69) is 6.07 Å². The lowest BCUT2D eigenvalue weighted by molar-refractivity contribution is 0.0661. The molecule has 1 heterocycles. The minimum absolute atomic E-state index is 0.0890. The van der Waals surface area contributed by atoms with Crippen LogP contribution in [0.4, 0.5) is 0 Å². The van der Waals surface area contributed by atoms with Crippen molar-refractivity contribution >= 4 is 16.9 Å². The van der Waals surface area contributed by atoms with Crippen molar-refractivity contribution in [1.82, 2.24) is 0 Å². The van der Waals surface area contributed by atoms with Gasteiger partial charge in [-0.3, -0.25) is 0 Å². The molecule has 0 spiro atoms. The Morgan fingerprint density at radius 2 is 1.84 bits per heavy atom. The van der Waals surface area contributed by atoms with Gasteiger partial charge in [0.2, 0.25) is 5.76 Å². The summed E-state index contributed by atoms with van der Waals surface area (Å²) >= 11 is 0. The van der Waals surface area contributed by atoms with Crippen molar-refractivity contribution in [2.45, 2.75) is 45.4 Å². The predicted octanol–water partition coefficient (Wildman–Crippen LogP) is 3.92. The number of hydrogen-bond acceptors (Lipinski definition) is 2. The molecule has 0 radical (unpaired) electrons. The predicted molar refractivity (Wildman–Crippen MR) is 73.9 cm³/mol. The van der Waals surface area contributed by atoms with Crippen molar-refractivity contribution < 1.29 is 14.3 Å². The van der Waals surface area contributed by atoms with E-state index in [1.54, 1.807) is 0 Å². The van der Waals surface area contributed by atoms with Crippen LogP contribution < -0.4 is 0 Å². The fraction of sp³-hybridized carbons (Fsp3) is 0.438. The molecule has 3 nitrogen and oxygen atoms in total. The third-order valence-corrected chi connectivity index (χ3v) is 3.85. The molecule has 0 amide bonds. The highest BCUT2D eigenvalue weighted by molar-refractivity contribution is 5.96. The van der Waals surface area contributed by atoms with Gasteiger partial charge in [0.15, 0.2) is 0 Å². The molecule has 3 heteroatoms. The summed E-state index contributed by atoms with van der Waals surface area (Å²) in [5, 5.41) is 10.3. The number of carboxylic acid groups (broad SMARTS) is 1. The van der Waals surface area contributed by atoms with Crippen molar-refractivity contribution in [3.63, 3.8) is 0 Å². The second-order valence-corrected chi connectivity index (χ2v) is 6.33. The van der Waals surface area contributed by atoms with Crippen molar-refractivity contribution in [3.05, 3.63) is 34.6 Å². The van der Waals surface area contributed by atoms with Crippen LogP contribution >= 0.6 is 0 Å². The van der Waals surface area contributed by atoms with E-state index in [1.165, 1.54) is 17.5 Å². The van der Waals surface area contributed by atoms with Crippen LogP contribution in [0.3, 0.4) is 0 Å². The number of furan rings is 1. The molecule has 100 valence electrons. The Balaban J connectivity index is 2.36. The Hall–Kier alpha value is -1.77. The van der Waals surface area contributed by atoms with Crippen LogP contribution in [-0.2, 0) is 18.3 Å². The molecule has 0 atom stereocenters. The lowest BCUT2D eigenvalue weighted by Crippen LogP contribution is -2.15. The molecule has 1 aliphatic carbocycles. The first-order valence-electron chi connectivity index (χ1n) is 6.70. The topological polar surface area (TPSA) is 50.4 Å². The molecule has 0 bridgehead atoms. The van der Waals surface area contributed by atoms with Gasteiger partial charge in [-0.15, -0.1) is 0 Å². The maximum absolute atomic E-state index is 11.4. The summed E-state index contributed by atoms with van der Waals surface area (Å²) in [5.41, 5.74) is 3.92. The van der Waals surface area contributed by atoms with Crippen LogP contribution in [0.5, 0.6) is 0 Å². The van der Waals surface area contributed by atoms with Crippen LogP contribution in [-0.4, -0.2) is 11.1 Å². The molecular weight excluding hydrogens is 240 g/mol. The quantitative estimate of drug-likeness (QED) is 0.843. The summed E-state index contributed by atoms with van der Waals surface area (Å²) < 4.78 is 5.61. The lowest BCUT2D eigenvalue weighted by atomic mass is 9.84. The standard InChI is InChI=1S/C16H18O3/c1-16(2,3)13-11-7-9-5-4-6-10(9)8-12(11)19-14(13)15(17)18/h7-8H,4-6H2,1-3H3,(H,17,18). The van der Waals surface area contributed by atoms with Crippen molar-refractivity contribution in [3.8, 4) is 0 Å². The highest BCUT2D eigenvalue weighted by atomic mass is 16.4. The molecule has 1 aliphatic rings. The summed E-state index contributed by atoms with van der Waals surface area (Å²) in [6, 6.07) is 4.16. The Morgan fingerprint density at radius 1 is 1.21 bits per heavy atom. The molecule has 1 aromatic carbocycles. The van der Waals surface area contributed by atoms with Gasteiger partial charge in [0.25, 0.3) is 0 Å². The number of benzene rings is 1. The fourth-order valence-corrected chi connectivity index (χ4v) is 3.06. The monoisotopic (exact) mass is 258 g/mol. The van der Waals surface area contributed by atoms with Crippen LogP contribution in [0, 0.1) is 0 Å². The first-order valence-corrected chi connectivity index (χ1v) is 6.70. The van der Waals surface area contributed by atoms with Crippen molar-refractivity contribution in [1.29, 1.82) is 0 Å². The van der Waals surface area contributed by atoms with Gasteiger partial charge in [0, 0.05) is 10.9 Å². The fourth-order valence-electron chi connectivity index (χ4n) is 3.06. The van der Waals surface area contributed by atoms with Gasteiger partial charge in [-0.2, -0.15) is 0 Å². The van der Waals surface area contributed by atoms with Crippen LogP contribution in [0.15, 0.2) is 16.5 Å². The summed E-state index contributed by atoms with van der Waals surface area (Å²) in [4.78, 5) is 11.4. The van der Waals surface area contributed by atoms with E-state index in [0.29, 0.717) is 5.58 Å². The molecule has 2 aromatic rings. The zero-order chi connectivity index (χ0) is 13.8. The van der Waals surface area contributed by atoms with Gasteiger partial charge in [-0.1, -0.05) is 20.8 Å². The van der Waals surface area contributed by atoms with Gasteiger partial charge in [0.1, 0.15) is 5.58 Å². The van der Waals surface area contributed by atoms with E-state index >= 15 is 0 Å². The largest absolute Gasteiger partial charge is 0.475 e. The SMILES string of the molecule is CC(C)(C)c1c(C(=O)O)oc2cc3c(cc12)CCC3. The maximum atomic E-state index is 11.4. The normalized spacial score (nSPS) is 14.9. The van der Waals surface area contributed by atoms with Gasteiger partial charge in [0.05, 0.1) is 0 Å². The van der Waals surface area contributed by atoms with Gasteiger partial charge in [-0.25, -0.2) is 4.79 Å². The molecule has 0 saturated heterocycles. The number of carbonyl (C=O) groups is 1. The van der Waals surface area contributed by atoms with E-state index in [4.69, 9.17) is 4.42 Å². The second-order valence-electron chi connectivity index (χ2n) is 6.33. The molecule has 0 saturated carbocycles. The Labute approximate surface area is 112 Å². The Morgan fingerprint density at radius 3 is 2.42 bits per heavy atom. The van der Waals surface area contributed by atoms with Crippen LogP contribution in [0.25, 0.3) is 11.0 Å². The zero-order valence-corrected chi connectivity index (χ0v) is 11.5. The molecule has 1 N–H and O–H groups in total. The summed E-state index contributed by atoms with van der Waals surface area (Å²) in [7, 11) is 0. The van der Waals surface area contributed by atoms with E-state index in [9.17, 15) is 9.90 Å². The van der Waals surface area contributed by atoms with Gasteiger partial charge < -0.3 is 9.52 Å². The van der Waals surface area contributed by atoms with E-state index < -0.39 is 5.97 Å².